The van der Waals surface area contributed by atoms with Gasteiger partial charge in [-0.1, -0.05) is 25.4 Å². The molecule has 4 rings (SSSR count). The highest BCUT2D eigenvalue weighted by Crippen LogP contribution is 2.49. The van der Waals surface area contributed by atoms with Crippen LogP contribution >= 0.6 is 0 Å². The van der Waals surface area contributed by atoms with Crippen LogP contribution in [0, 0.1) is 11.8 Å². The van der Waals surface area contributed by atoms with Crippen molar-refractivity contribution in [2.75, 3.05) is 39.4 Å². The molecule has 1 saturated carbocycles. The third kappa shape index (κ3) is 3.03. The van der Waals surface area contributed by atoms with Crippen molar-refractivity contribution in [3.05, 3.63) is 11.7 Å². The lowest BCUT2D eigenvalue weighted by atomic mass is 9.80. The lowest BCUT2D eigenvalue weighted by Gasteiger charge is -2.32. The van der Waals surface area contributed by atoms with E-state index in [9.17, 15) is 4.79 Å². The molecule has 2 aliphatic heterocycles. The third-order valence-electron chi connectivity index (χ3n) is 5.92. The molecule has 2 saturated heterocycles. The second-order valence-electron chi connectivity index (χ2n) is 8.12. The Labute approximate surface area is 148 Å². The topological polar surface area (TPSA) is 71.7 Å². The molecule has 0 radical (unpaired) electrons. The van der Waals surface area contributed by atoms with Gasteiger partial charge in [-0.25, -0.2) is 4.79 Å². The minimum absolute atomic E-state index is 0.110. The van der Waals surface area contributed by atoms with Crippen molar-refractivity contribution >= 4 is 6.03 Å². The van der Waals surface area contributed by atoms with Crippen LogP contribution in [0.5, 0.6) is 0 Å². The van der Waals surface area contributed by atoms with E-state index in [4.69, 9.17) is 14.2 Å². The van der Waals surface area contributed by atoms with Crippen LogP contribution in [0.4, 0.5) is 4.79 Å². The first kappa shape index (κ1) is 16.8. The summed E-state index contributed by atoms with van der Waals surface area (Å²) in [5, 5.41) is 4.33. The Hall–Kier alpha value is -1.63. The molecular formula is C18H28N4O3. The van der Waals surface area contributed by atoms with Crippen molar-refractivity contribution in [2.45, 2.75) is 44.9 Å². The molecular weight excluding hydrogens is 320 g/mol. The molecule has 0 spiro atoms. The van der Waals surface area contributed by atoms with Crippen LogP contribution in [0.3, 0.4) is 0 Å². The van der Waals surface area contributed by atoms with Crippen molar-refractivity contribution in [2.24, 2.45) is 11.8 Å². The summed E-state index contributed by atoms with van der Waals surface area (Å²) in [6, 6.07) is 0.142. The van der Waals surface area contributed by atoms with Gasteiger partial charge in [0.25, 0.3) is 0 Å². The molecule has 0 N–H and O–H groups in total. The number of nitrogens with zero attached hydrogens (tertiary/aromatic N) is 4. The molecule has 1 aromatic heterocycles. The first-order valence-corrected chi connectivity index (χ1v) is 9.53. The molecule has 2 atom stereocenters. The zero-order chi connectivity index (χ0) is 17.4. The van der Waals surface area contributed by atoms with E-state index in [0.29, 0.717) is 44.7 Å². The van der Waals surface area contributed by atoms with Gasteiger partial charge in [0.15, 0.2) is 5.82 Å². The number of hydrogen-bond acceptors (Lipinski definition) is 5. The van der Waals surface area contributed by atoms with Gasteiger partial charge < -0.3 is 19.1 Å². The highest BCUT2D eigenvalue weighted by Gasteiger charge is 2.55. The Kier molecular flexibility index (Phi) is 4.43. The number of carbonyl (C=O) groups excluding carboxylic acids is 1. The van der Waals surface area contributed by atoms with Crippen molar-refractivity contribution in [1.82, 2.24) is 19.9 Å². The standard InChI is InChI=1S/C18H28N4O3/c1-13(2)10-15-19-16(20-25-15)18-5-3-4-14(18)11-22(12-18)17(23)21-6-8-24-9-7-21/h13-14H,3-12H2,1-2H3/t14-,18-/m1/s1. The maximum atomic E-state index is 12.9. The Morgan fingerprint density at radius 3 is 2.88 bits per heavy atom. The summed E-state index contributed by atoms with van der Waals surface area (Å²) < 4.78 is 10.9. The van der Waals surface area contributed by atoms with E-state index in [1.807, 2.05) is 9.80 Å². The van der Waals surface area contributed by atoms with Gasteiger partial charge in [-0.05, 0) is 24.7 Å². The summed E-state index contributed by atoms with van der Waals surface area (Å²) in [6.07, 6.45) is 4.18. The molecule has 25 heavy (non-hydrogen) atoms. The quantitative estimate of drug-likeness (QED) is 0.836. The fourth-order valence-corrected chi connectivity index (χ4v) is 4.64. The normalized spacial score (nSPS) is 29.5. The molecule has 3 fully saturated rings. The SMILES string of the molecule is CC(C)Cc1nc([C@@]23CCC[C@@H]2CN(C(=O)N2CCOCC2)C3)no1. The number of morpholine rings is 1. The van der Waals surface area contributed by atoms with Crippen LogP contribution < -0.4 is 0 Å². The van der Waals surface area contributed by atoms with Gasteiger partial charge in [-0.2, -0.15) is 4.98 Å². The number of hydrogen-bond donors (Lipinski definition) is 0. The highest BCUT2D eigenvalue weighted by atomic mass is 16.5. The van der Waals surface area contributed by atoms with Gasteiger partial charge in [-0.15, -0.1) is 0 Å². The summed E-state index contributed by atoms with van der Waals surface area (Å²) in [6.45, 7) is 8.48. The van der Waals surface area contributed by atoms with Gasteiger partial charge in [0.1, 0.15) is 0 Å². The Bertz CT molecular complexity index is 626. The number of ether oxygens (including phenoxy) is 1. The van der Waals surface area contributed by atoms with E-state index in [-0.39, 0.29) is 11.4 Å². The van der Waals surface area contributed by atoms with E-state index in [0.717, 1.165) is 37.5 Å². The first-order chi connectivity index (χ1) is 12.1. The number of aromatic nitrogens is 2. The van der Waals surface area contributed by atoms with Crippen LogP contribution in [-0.4, -0.2) is 65.4 Å². The zero-order valence-electron chi connectivity index (χ0n) is 15.2. The molecule has 2 amide bonds. The van der Waals surface area contributed by atoms with Gasteiger partial charge in [0.05, 0.1) is 18.6 Å². The van der Waals surface area contributed by atoms with E-state index in [1.165, 1.54) is 6.42 Å². The summed E-state index contributed by atoms with van der Waals surface area (Å²) >= 11 is 0. The molecule has 1 aromatic rings. The van der Waals surface area contributed by atoms with Gasteiger partial charge in [0, 0.05) is 32.6 Å². The molecule has 3 aliphatic rings. The summed E-state index contributed by atoms with van der Waals surface area (Å²) in [5.74, 6) is 2.49. The van der Waals surface area contributed by atoms with Gasteiger partial charge in [-0.3, -0.25) is 0 Å². The van der Waals surface area contributed by atoms with Crippen LogP contribution in [0.1, 0.15) is 44.8 Å². The van der Waals surface area contributed by atoms with Crippen molar-refractivity contribution in [1.29, 1.82) is 0 Å². The summed E-state index contributed by atoms with van der Waals surface area (Å²) in [5.41, 5.74) is -0.110. The van der Waals surface area contributed by atoms with Crippen LogP contribution in [0.15, 0.2) is 4.52 Å². The van der Waals surface area contributed by atoms with E-state index < -0.39 is 0 Å². The molecule has 0 aromatic carbocycles. The van der Waals surface area contributed by atoms with Gasteiger partial charge >= 0.3 is 6.03 Å². The van der Waals surface area contributed by atoms with Crippen molar-refractivity contribution in [3.63, 3.8) is 0 Å². The second kappa shape index (κ2) is 6.59. The monoisotopic (exact) mass is 348 g/mol. The minimum Gasteiger partial charge on any atom is -0.378 e. The van der Waals surface area contributed by atoms with Crippen molar-refractivity contribution < 1.29 is 14.1 Å². The van der Waals surface area contributed by atoms with Crippen molar-refractivity contribution in [3.8, 4) is 0 Å². The fraction of sp³-hybridized carbons (Fsp3) is 0.833. The molecule has 3 heterocycles. The molecule has 0 bridgehead atoms. The van der Waals surface area contributed by atoms with E-state index >= 15 is 0 Å². The Balaban J connectivity index is 1.52. The lowest BCUT2D eigenvalue weighted by Crippen LogP contribution is -2.48. The molecule has 7 nitrogen and oxygen atoms in total. The van der Waals surface area contributed by atoms with Crippen LogP contribution in [0.2, 0.25) is 0 Å². The first-order valence-electron chi connectivity index (χ1n) is 9.53. The maximum Gasteiger partial charge on any atom is 0.320 e. The molecule has 138 valence electrons. The Morgan fingerprint density at radius 2 is 2.12 bits per heavy atom. The zero-order valence-corrected chi connectivity index (χ0v) is 15.2. The number of carbonyl (C=O) groups is 1. The van der Waals surface area contributed by atoms with Crippen LogP contribution in [0.25, 0.3) is 0 Å². The average molecular weight is 348 g/mol. The predicted octanol–water partition coefficient (Wildman–Crippen LogP) is 2.07. The lowest BCUT2D eigenvalue weighted by molar-refractivity contribution is 0.0444. The largest absolute Gasteiger partial charge is 0.378 e. The molecule has 1 aliphatic carbocycles. The number of rotatable bonds is 3. The smallest absolute Gasteiger partial charge is 0.320 e. The number of amides is 2. The van der Waals surface area contributed by atoms with Crippen LogP contribution in [-0.2, 0) is 16.6 Å². The fourth-order valence-electron chi connectivity index (χ4n) is 4.64. The minimum atomic E-state index is -0.110. The highest BCUT2D eigenvalue weighted by molar-refractivity contribution is 5.75. The number of likely N-dealkylation sites (tertiary alicyclic amines) is 1. The predicted molar refractivity (Wildman–Crippen MR) is 91.2 cm³/mol. The number of fused-ring (bicyclic) bond motifs is 1. The molecule has 0 unspecified atom stereocenters. The summed E-state index contributed by atoms with van der Waals surface area (Å²) in [7, 11) is 0. The van der Waals surface area contributed by atoms with Gasteiger partial charge in [0.2, 0.25) is 5.89 Å². The Morgan fingerprint density at radius 1 is 1.32 bits per heavy atom. The number of urea groups is 1. The molecule has 7 heteroatoms. The van der Waals surface area contributed by atoms with E-state index in [2.05, 4.69) is 19.0 Å². The van der Waals surface area contributed by atoms with E-state index in [1.54, 1.807) is 0 Å². The third-order valence-corrected chi connectivity index (χ3v) is 5.92. The maximum absolute atomic E-state index is 12.9. The average Bonchev–Trinajstić information content (AvgIpc) is 3.28. The second-order valence-corrected chi connectivity index (χ2v) is 8.12. The summed E-state index contributed by atoms with van der Waals surface area (Å²) in [4.78, 5) is 21.5.